The van der Waals surface area contributed by atoms with Crippen LogP contribution in [-0.4, -0.2) is 30.0 Å². The third-order valence-electron chi connectivity index (χ3n) is 3.57. The number of nitrogens with two attached hydrogens (primary N) is 1. The molecule has 1 amide bonds. The number of amides is 1. The number of hydrogen-bond acceptors (Lipinski definition) is 1. The van der Waals surface area contributed by atoms with Crippen LogP contribution in [0.3, 0.4) is 0 Å². The molecule has 114 valence electrons. The van der Waals surface area contributed by atoms with E-state index in [0.717, 1.165) is 6.08 Å². The molecule has 0 aliphatic rings. The zero-order valence-corrected chi connectivity index (χ0v) is 13.6. The summed E-state index contributed by atoms with van der Waals surface area (Å²) < 4.78 is 1.20. The second kappa shape index (κ2) is 11.5. The minimum Gasteiger partial charge on any atom is -1.00 e. The molecule has 0 bridgehead atoms. The molecule has 0 aromatic heterocycles. The van der Waals surface area contributed by atoms with Gasteiger partial charge in [-0.3, -0.25) is 4.79 Å². The van der Waals surface area contributed by atoms with Gasteiger partial charge in [0.2, 0.25) is 5.91 Å². The predicted molar refractivity (Wildman–Crippen MR) is 81.4 cm³/mol. The Balaban J connectivity index is 0. The van der Waals surface area contributed by atoms with Gasteiger partial charge >= 0.3 is 0 Å². The Morgan fingerprint density at radius 2 is 1.55 bits per heavy atom. The first-order chi connectivity index (χ1) is 9.03. The van der Waals surface area contributed by atoms with Crippen molar-refractivity contribution in [3.63, 3.8) is 0 Å². The number of rotatable bonds is 6. The fourth-order valence-corrected chi connectivity index (χ4v) is 1.98. The average molecular weight is 299 g/mol. The number of carbonyl (C=O) groups is 1. The summed E-state index contributed by atoms with van der Waals surface area (Å²) in [5.74, 6) is -0.481. The van der Waals surface area contributed by atoms with Crippen LogP contribution in [0.15, 0.2) is 43.0 Å². The molecule has 4 heteroatoms. The lowest BCUT2D eigenvalue weighted by Crippen LogP contribution is -3.00. The summed E-state index contributed by atoms with van der Waals surface area (Å²) in [6, 6.07) is 10.8. The van der Waals surface area contributed by atoms with E-state index in [1.54, 1.807) is 0 Å². The molecule has 1 aromatic carbocycles. The van der Waals surface area contributed by atoms with Crippen LogP contribution in [0.25, 0.3) is 0 Å². The van der Waals surface area contributed by atoms with Crippen molar-refractivity contribution >= 4 is 5.91 Å². The first-order valence-electron chi connectivity index (χ1n) is 6.84. The maximum absolute atomic E-state index is 9.47. The standard InChI is InChI=1S/C13H22N.C3H5NO.ClH/c1-4-14(5-2,6-3)12-13-10-8-7-9-11-13;1-2-3(4)5;/h7-11H,4-6,12H2,1-3H3;2H,1H2,(H2,4,5);1H/q+1;;/p-1. The van der Waals surface area contributed by atoms with Gasteiger partial charge in [0, 0.05) is 5.56 Å². The lowest BCUT2D eigenvalue weighted by Gasteiger charge is -2.35. The fraction of sp³-hybridized carbons (Fsp3) is 0.438. The Bertz CT molecular complexity index is 367. The molecule has 0 spiro atoms. The predicted octanol–water partition coefficient (Wildman–Crippen LogP) is -0.275. The molecule has 1 rings (SSSR count). The molecule has 2 N–H and O–H groups in total. The third-order valence-corrected chi connectivity index (χ3v) is 3.57. The Morgan fingerprint density at radius 1 is 1.15 bits per heavy atom. The number of hydrogen-bond donors (Lipinski definition) is 1. The molecule has 0 unspecified atom stereocenters. The van der Waals surface area contributed by atoms with E-state index in [9.17, 15) is 4.79 Å². The van der Waals surface area contributed by atoms with E-state index >= 15 is 0 Å². The average Bonchev–Trinajstić information content (AvgIpc) is 2.46. The third kappa shape index (κ3) is 7.97. The van der Waals surface area contributed by atoms with Crippen molar-refractivity contribution in [1.82, 2.24) is 0 Å². The fourth-order valence-electron chi connectivity index (χ4n) is 1.98. The number of primary amides is 1. The van der Waals surface area contributed by atoms with Gasteiger partial charge in [-0.15, -0.1) is 0 Å². The highest BCUT2D eigenvalue weighted by atomic mass is 35.5. The van der Waals surface area contributed by atoms with E-state index < -0.39 is 5.91 Å². The van der Waals surface area contributed by atoms with Crippen molar-refractivity contribution in [3.8, 4) is 0 Å². The summed E-state index contributed by atoms with van der Waals surface area (Å²) in [5.41, 5.74) is 5.99. The minimum atomic E-state index is -0.481. The Hall–Kier alpha value is -1.32. The van der Waals surface area contributed by atoms with E-state index in [2.05, 4.69) is 63.4 Å². The van der Waals surface area contributed by atoms with Crippen molar-refractivity contribution in [2.45, 2.75) is 27.3 Å². The van der Waals surface area contributed by atoms with Gasteiger partial charge in [0.1, 0.15) is 6.54 Å². The molecular formula is C16H27ClN2O. The van der Waals surface area contributed by atoms with Crippen LogP contribution in [0.1, 0.15) is 26.3 Å². The largest absolute Gasteiger partial charge is 1.00 e. The van der Waals surface area contributed by atoms with E-state index in [1.165, 1.54) is 36.2 Å². The number of nitrogens with zero attached hydrogens (tertiary/aromatic N) is 1. The topological polar surface area (TPSA) is 43.1 Å². The van der Waals surface area contributed by atoms with E-state index in [4.69, 9.17) is 0 Å². The van der Waals surface area contributed by atoms with E-state index in [0.29, 0.717) is 0 Å². The summed E-state index contributed by atoms with van der Waals surface area (Å²) in [6.07, 6.45) is 1.06. The maximum atomic E-state index is 9.47. The summed E-state index contributed by atoms with van der Waals surface area (Å²) in [6.45, 7) is 14.8. The van der Waals surface area contributed by atoms with Gasteiger partial charge in [-0.05, 0) is 26.8 Å². The van der Waals surface area contributed by atoms with Gasteiger partial charge in [0.15, 0.2) is 0 Å². The van der Waals surface area contributed by atoms with Crippen LogP contribution in [0.2, 0.25) is 0 Å². The monoisotopic (exact) mass is 298 g/mol. The number of halogens is 1. The zero-order valence-electron chi connectivity index (χ0n) is 12.8. The van der Waals surface area contributed by atoms with E-state index in [1.807, 2.05) is 0 Å². The minimum absolute atomic E-state index is 0. The maximum Gasteiger partial charge on any atom is 0.240 e. The Morgan fingerprint density at radius 3 is 1.85 bits per heavy atom. The van der Waals surface area contributed by atoms with Gasteiger partial charge < -0.3 is 22.6 Å². The van der Waals surface area contributed by atoms with Crippen molar-refractivity contribution in [1.29, 1.82) is 0 Å². The van der Waals surface area contributed by atoms with Gasteiger partial charge in [0.25, 0.3) is 0 Å². The van der Waals surface area contributed by atoms with Crippen LogP contribution < -0.4 is 18.1 Å². The molecule has 3 nitrogen and oxygen atoms in total. The Kier molecular flexibility index (Phi) is 12.1. The quantitative estimate of drug-likeness (QED) is 0.570. The highest BCUT2D eigenvalue weighted by Crippen LogP contribution is 2.13. The first-order valence-corrected chi connectivity index (χ1v) is 6.84. The number of benzene rings is 1. The summed E-state index contributed by atoms with van der Waals surface area (Å²) in [5, 5.41) is 0. The SMILES string of the molecule is C=CC(N)=O.CC[N+](CC)(CC)Cc1ccccc1.[Cl-]. The molecule has 0 saturated carbocycles. The van der Waals surface area contributed by atoms with Gasteiger partial charge in [-0.1, -0.05) is 36.9 Å². The smallest absolute Gasteiger partial charge is 0.240 e. The second-order valence-electron chi connectivity index (χ2n) is 4.54. The first kappa shape index (κ1) is 21.0. The summed E-state index contributed by atoms with van der Waals surface area (Å²) >= 11 is 0. The molecule has 0 aliphatic heterocycles. The molecular weight excluding hydrogens is 272 g/mol. The van der Waals surface area contributed by atoms with Crippen LogP contribution in [-0.2, 0) is 11.3 Å². The second-order valence-corrected chi connectivity index (χ2v) is 4.54. The molecule has 0 aliphatic carbocycles. The lowest BCUT2D eigenvalue weighted by atomic mass is 10.2. The zero-order chi connectivity index (χ0) is 14.7. The van der Waals surface area contributed by atoms with Gasteiger partial charge in [-0.2, -0.15) is 0 Å². The normalized spacial score (nSPS) is 9.75. The van der Waals surface area contributed by atoms with Crippen molar-refractivity contribution in [2.24, 2.45) is 5.73 Å². The molecule has 0 radical (unpaired) electrons. The summed E-state index contributed by atoms with van der Waals surface area (Å²) in [4.78, 5) is 9.47. The molecule has 20 heavy (non-hydrogen) atoms. The molecule has 0 heterocycles. The molecule has 0 fully saturated rings. The number of quaternary nitrogens is 1. The van der Waals surface area contributed by atoms with Gasteiger partial charge in [0.05, 0.1) is 19.6 Å². The summed E-state index contributed by atoms with van der Waals surface area (Å²) in [7, 11) is 0. The molecule has 0 atom stereocenters. The van der Waals surface area contributed by atoms with Crippen molar-refractivity contribution in [2.75, 3.05) is 19.6 Å². The van der Waals surface area contributed by atoms with Crippen LogP contribution >= 0.6 is 0 Å². The van der Waals surface area contributed by atoms with E-state index in [-0.39, 0.29) is 12.4 Å². The van der Waals surface area contributed by atoms with Crippen molar-refractivity contribution in [3.05, 3.63) is 48.6 Å². The van der Waals surface area contributed by atoms with Crippen molar-refractivity contribution < 1.29 is 21.7 Å². The van der Waals surface area contributed by atoms with Crippen LogP contribution in [0.5, 0.6) is 0 Å². The lowest BCUT2D eigenvalue weighted by molar-refractivity contribution is -0.936. The Labute approximate surface area is 129 Å². The number of carbonyl (C=O) groups excluding carboxylic acids is 1. The molecule has 0 saturated heterocycles. The molecule has 1 aromatic rings. The van der Waals surface area contributed by atoms with Crippen LogP contribution in [0, 0.1) is 0 Å². The van der Waals surface area contributed by atoms with Crippen LogP contribution in [0.4, 0.5) is 0 Å². The highest BCUT2D eigenvalue weighted by Gasteiger charge is 2.20. The highest BCUT2D eigenvalue weighted by molar-refractivity contribution is 5.84. The van der Waals surface area contributed by atoms with Gasteiger partial charge in [-0.25, -0.2) is 0 Å².